The summed E-state index contributed by atoms with van der Waals surface area (Å²) in [6.07, 6.45) is 8.40. The Bertz CT molecular complexity index is 1920. The number of para-hydroxylation sites is 2. The van der Waals surface area contributed by atoms with Crippen LogP contribution >= 0.6 is 0 Å². The summed E-state index contributed by atoms with van der Waals surface area (Å²) in [5.74, 6) is 2.82. The second-order valence-corrected chi connectivity index (χ2v) is 9.55. The number of aromatic nitrogens is 3. The lowest BCUT2D eigenvalue weighted by Crippen LogP contribution is -2.15. The van der Waals surface area contributed by atoms with Crippen LogP contribution in [0.3, 0.4) is 0 Å². The number of fused-ring (bicyclic) bond motifs is 6. The van der Waals surface area contributed by atoms with Gasteiger partial charge in [0.15, 0.2) is 17.5 Å². The molecule has 0 saturated carbocycles. The number of nitrogens with zero attached hydrogens (tertiary/aromatic N) is 3. The first-order valence-electron chi connectivity index (χ1n) is 12.7. The predicted octanol–water partition coefficient (Wildman–Crippen LogP) is 7.74. The maximum Gasteiger partial charge on any atom is 0.167 e. The molecule has 4 aromatic carbocycles. The Kier molecular flexibility index (Phi) is 4.58. The van der Waals surface area contributed by atoms with Gasteiger partial charge in [0.2, 0.25) is 0 Å². The van der Waals surface area contributed by atoms with Gasteiger partial charge in [-0.1, -0.05) is 91.0 Å². The van der Waals surface area contributed by atoms with Crippen LogP contribution < -0.4 is 4.74 Å². The van der Waals surface area contributed by atoms with Crippen molar-refractivity contribution >= 4 is 21.9 Å². The Balaban J connectivity index is 1.38. The van der Waals surface area contributed by atoms with Crippen molar-refractivity contribution in [3.8, 4) is 39.9 Å². The van der Waals surface area contributed by atoms with Gasteiger partial charge in [-0.05, 0) is 24.3 Å². The van der Waals surface area contributed by atoms with E-state index in [0.717, 1.165) is 49.9 Å². The second-order valence-electron chi connectivity index (χ2n) is 9.55. The molecule has 2 aliphatic rings. The number of ether oxygens (including phenoxy) is 1. The molecule has 0 bridgehead atoms. The van der Waals surface area contributed by atoms with Crippen LogP contribution in [0.5, 0.6) is 5.75 Å². The zero-order valence-corrected chi connectivity index (χ0v) is 20.3. The summed E-state index contributed by atoms with van der Waals surface area (Å²) in [6, 6.07) is 30.3. The molecule has 1 aliphatic carbocycles. The standard InChI is InChI=1S/C33H21N3O2/c1-2-10-20(11-3-1)31-34-32(24-15-9-19-28-29(24)23-13-5-7-18-27(23)37-28)36-33(35-31)25-16-8-14-22-21-12-4-6-17-26(21)38-30(22)25/h1-19,21,26H. The molecule has 38 heavy (non-hydrogen) atoms. The summed E-state index contributed by atoms with van der Waals surface area (Å²) in [6.45, 7) is 0. The monoisotopic (exact) mass is 491 g/mol. The number of hydrogen-bond acceptors (Lipinski definition) is 5. The summed E-state index contributed by atoms with van der Waals surface area (Å²) in [7, 11) is 0. The van der Waals surface area contributed by atoms with E-state index >= 15 is 0 Å². The summed E-state index contributed by atoms with van der Waals surface area (Å²) in [5, 5.41) is 2.03. The van der Waals surface area contributed by atoms with Gasteiger partial charge in [0, 0.05) is 33.4 Å². The molecular formula is C33H21N3O2. The Labute approximate surface area is 218 Å². The van der Waals surface area contributed by atoms with Crippen LogP contribution in [0.4, 0.5) is 0 Å². The molecular weight excluding hydrogens is 470 g/mol. The second kappa shape index (κ2) is 8.25. The normalized spacial score (nSPS) is 17.5. The van der Waals surface area contributed by atoms with E-state index in [1.165, 1.54) is 0 Å². The quantitative estimate of drug-likeness (QED) is 0.253. The smallest absolute Gasteiger partial charge is 0.167 e. The fraction of sp³-hybridized carbons (Fsp3) is 0.0606. The van der Waals surface area contributed by atoms with E-state index in [0.29, 0.717) is 17.5 Å². The Morgan fingerprint density at radius 3 is 2.21 bits per heavy atom. The Hall–Kier alpha value is -5.03. The first kappa shape index (κ1) is 21.1. The van der Waals surface area contributed by atoms with Crippen LogP contribution in [0.15, 0.2) is 120 Å². The molecule has 5 nitrogen and oxygen atoms in total. The first-order valence-corrected chi connectivity index (χ1v) is 12.7. The van der Waals surface area contributed by atoms with Crippen LogP contribution in [0.25, 0.3) is 56.1 Å². The molecule has 2 unspecified atom stereocenters. The first-order chi connectivity index (χ1) is 18.8. The van der Waals surface area contributed by atoms with E-state index in [9.17, 15) is 0 Å². The highest BCUT2D eigenvalue weighted by Gasteiger charge is 2.34. The van der Waals surface area contributed by atoms with Crippen LogP contribution in [-0.4, -0.2) is 21.1 Å². The summed E-state index contributed by atoms with van der Waals surface area (Å²) >= 11 is 0. The van der Waals surface area contributed by atoms with Gasteiger partial charge in [-0.3, -0.25) is 0 Å². The lowest BCUT2D eigenvalue weighted by Gasteiger charge is -2.14. The van der Waals surface area contributed by atoms with Crippen molar-refractivity contribution < 1.29 is 9.15 Å². The maximum atomic E-state index is 6.45. The maximum absolute atomic E-state index is 6.45. The van der Waals surface area contributed by atoms with Gasteiger partial charge in [-0.25, -0.2) is 15.0 Å². The number of benzene rings is 4. The van der Waals surface area contributed by atoms with Gasteiger partial charge in [0.25, 0.3) is 0 Å². The number of hydrogen-bond donors (Lipinski definition) is 0. The molecule has 3 heterocycles. The zero-order chi connectivity index (χ0) is 25.1. The highest BCUT2D eigenvalue weighted by Crippen LogP contribution is 2.46. The molecule has 5 heteroatoms. The van der Waals surface area contributed by atoms with E-state index in [1.807, 2.05) is 78.9 Å². The fourth-order valence-corrected chi connectivity index (χ4v) is 5.54. The number of rotatable bonds is 3. The average Bonchev–Trinajstić information content (AvgIpc) is 3.56. The third-order valence-corrected chi connectivity index (χ3v) is 7.29. The molecule has 8 rings (SSSR count). The van der Waals surface area contributed by atoms with Gasteiger partial charge in [-0.15, -0.1) is 0 Å². The van der Waals surface area contributed by atoms with Gasteiger partial charge in [0.1, 0.15) is 23.0 Å². The molecule has 0 spiro atoms. The molecule has 1 aliphatic heterocycles. The Morgan fingerprint density at radius 1 is 0.579 bits per heavy atom. The molecule has 2 aromatic heterocycles. The fourth-order valence-electron chi connectivity index (χ4n) is 5.54. The van der Waals surface area contributed by atoms with Gasteiger partial charge >= 0.3 is 0 Å². The average molecular weight is 492 g/mol. The van der Waals surface area contributed by atoms with Crippen LogP contribution in [-0.2, 0) is 0 Å². The SMILES string of the molecule is C1=CC2Oc3c(-c4nc(-c5ccccc5)nc(-c5cccc6oc7ccccc7c56)n4)cccc3C2C=C1. The lowest BCUT2D eigenvalue weighted by atomic mass is 9.91. The molecule has 2 atom stereocenters. The topological polar surface area (TPSA) is 61.0 Å². The van der Waals surface area contributed by atoms with E-state index in [4.69, 9.17) is 24.1 Å². The van der Waals surface area contributed by atoms with Crippen LogP contribution in [0.2, 0.25) is 0 Å². The zero-order valence-electron chi connectivity index (χ0n) is 20.3. The third kappa shape index (κ3) is 3.22. The molecule has 180 valence electrons. The van der Waals surface area contributed by atoms with Crippen molar-refractivity contribution in [2.24, 2.45) is 0 Å². The van der Waals surface area contributed by atoms with Crippen molar-refractivity contribution in [3.05, 3.63) is 121 Å². The molecule has 0 saturated heterocycles. The highest BCUT2D eigenvalue weighted by molar-refractivity contribution is 6.11. The lowest BCUT2D eigenvalue weighted by molar-refractivity contribution is 0.269. The van der Waals surface area contributed by atoms with Gasteiger partial charge < -0.3 is 9.15 Å². The predicted molar refractivity (Wildman–Crippen MR) is 149 cm³/mol. The molecule has 6 aromatic rings. The number of allylic oxidation sites excluding steroid dienone is 2. The largest absolute Gasteiger partial charge is 0.484 e. The van der Waals surface area contributed by atoms with E-state index in [1.54, 1.807) is 0 Å². The Morgan fingerprint density at radius 2 is 1.29 bits per heavy atom. The minimum absolute atomic E-state index is 0.0166. The van der Waals surface area contributed by atoms with Gasteiger partial charge in [0.05, 0.1) is 5.56 Å². The van der Waals surface area contributed by atoms with Crippen LogP contribution in [0, 0.1) is 0 Å². The minimum atomic E-state index is -0.0166. The summed E-state index contributed by atoms with van der Waals surface area (Å²) < 4.78 is 12.6. The van der Waals surface area contributed by atoms with Crippen molar-refractivity contribution in [2.75, 3.05) is 0 Å². The molecule has 0 N–H and O–H groups in total. The van der Waals surface area contributed by atoms with E-state index < -0.39 is 0 Å². The summed E-state index contributed by atoms with van der Waals surface area (Å²) in [5.41, 5.74) is 5.49. The number of furan rings is 1. The third-order valence-electron chi connectivity index (χ3n) is 7.29. The summed E-state index contributed by atoms with van der Waals surface area (Å²) in [4.78, 5) is 15.0. The molecule has 0 fully saturated rings. The highest BCUT2D eigenvalue weighted by atomic mass is 16.5. The molecule has 0 amide bonds. The van der Waals surface area contributed by atoms with E-state index in [-0.39, 0.29) is 12.0 Å². The molecule has 0 radical (unpaired) electrons. The minimum Gasteiger partial charge on any atom is -0.484 e. The van der Waals surface area contributed by atoms with E-state index in [2.05, 4.69) is 36.4 Å². The van der Waals surface area contributed by atoms with Gasteiger partial charge in [-0.2, -0.15) is 0 Å². The van der Waals surface area contributed by atoms with Crippen LogP contribution in [0.1, 0.15) is 11.5 Å². The van der Waals surface area contributed by atoms with Crippen molar-refractivity contribution in [2.45, 2.75) is 12.0 Å². The van der Waals surface area contributed by atoms with Crippen molar-refractivity contribution in [1.82, 2.24) is 15.0 Å². The van der Waals surface area contributed by atoms with Crippen molar-refractivity contribution in [3.63, 3.8) is 0 Å². The van der Waals surface area contributed by atoms with Crippen molar-refractivity contribution in [1.29, 1.82) is 0 Å².